The Bertz CT molecular complexity index is 1590. The first kappa shape index (κ1) is 26.2. The van der Waals surface area contributed by atoms with Crippen molar-refractivity contribution < 1.29 is 14.5 Å². The van der Waals surface area contributed by atoms with Gasteiger partial charge in [0.25, 0.3) is 11.6 Å². The van der Waals surface area contributed by atoms with Crippen molar-refractivity contribution in [2.45, 2.75) is 6.61 Å². The molecule has 0 bridgehead atoms. The molecule has 0 saturated heterocycles. The van der Waals surface area contributed by atoms with E-state index in [1.807, 2.05) is 48.5 Å². The van der Waals surface area contributed by atoms with Crippen LogP contribution in [0.4, 0.5) is 11.4 Å². The monoisotopic (exact) mass is 595 g/mol. The Morgan fingerprint density at radius 3 is 2.46 bits per heavy atom. The van der Waals surface area contributed by atoms with Crippen LogP contribution in [-0.4, -0.2) is 10.8 Å². The zero-order chi connectivity index (χ0) is 26.5. The Morgan fingerprint density at radius 2 is 1.78 bits per heavy atom. The maximum Gasteiger partial charge on any atom is 0.272 e. The molecule has 1 amide bonds. The third-order valence-corrected chi connectivity index (χ3v) is 6.59. The van der Waals surface area contributed by atoms with E-state index in [-0.39, 0.29) is 27.0 Å². The number of benzene rings is 4. The lowest BCUT2D eigenvalue weighted by Crippen LogP contribution is -2.14. The predicted molar refractivity (Wildman–Crippen MR) is 148 cm³/mol. The number of nitrogens with zero attached hydrogens (tertiary/aromatic N) is 2. The number of non-ortho nitro benzene ring substituents is 1. The summed E-state index contributed by atoms with van der Waals surface area (Å²) in [4.78, 5) is 23.0. The van der Waals surface area contributed by atoms with Crippen molar-refractivity contribution in [1.29, 1.82) is 5.26 Å². The second-order valence-electron chi connectivity index (χ2n) is 7.78. The van der Waals surface area contributed by atoms with Gasteiger partial charge in [0.15, 0.2) is 0 Å². The van der Waals surface area contributed by atoms with Crippen LogP contribution >= 0.6 is 39.1 Å². The zero-order valence-electron chi connectivity index (χ0n) is 18.9. The van der Waals surface area contributed by atoms with Crippen LogP contribution in [0.15, 0.2) is 82.8 Å². The summed E-state index contributed by atoms with van der Waals surface area (Å²) in [6.07, 6.45) is 1.39. The number of nitrogens with one attached hydrogen (secondary N) is 1. The van der Waals surface area contributed by atoms with E-state index in [2.05, 4.69) is 21.2 Å². The smallest absolute Gasteiger partial charge is 0.272 e. The molecule has 0 spiro atoms. The summed E-state index contributed by atoms with van der Waals surface area (Å²) in [7, 11) is 0. The number of carbonyl (C=O) groups is 1. The molecule has 4 aromatic carbocycles. The molecule has 4 rings (SSSR count). The number of hydrogen-bond acceptors (Lipinski definition) is 5. The molecule has 0 fully saturated rings. The fraction of sp³-hybridized carbons (Fsp3) is 0.0370. The minimum Gasteiger partial charge on any atom is -0.488 e. The molecular weight excluding hydrogens is 581 g/mol. The molecule has 0 aliphatic heterocycles. The number of ether oxygens (including phenoxy) is 1. The molecule has 184 valence electrons. The van der Waals surface area contributed by atoms with Gasteiger partial charge >= 0.3 is 0 Å². The van der Waals surface area contributed by atoms with Gasteiger partial charge < -0.3 is 10.1 Å². The quantitative estimate of drug-likeness (QED) is 0.101. The lowest BCUT2D eigenvalue weighted by Gasteiger charge is -2.11. The summed E-state index contributed by atoms with van der Waals surface area (Å²) in [6.45, 7) is 0.359. The van der Waals surface area contributed by atoms with Gasteiger partial charge in [0.2, 0.25) is 0 Å². The number of nitro groups is 1. The molecule has 0 unspecified atom stereocenters. The molecule has 0 aliphatic rings. The fourth-order valence-electron chi connectivity index (χ4n) is 3.58. The van der Waals surface area contributed by atoms with Gasteiger partial charge in [0, 0.05) is 12.1 Å². The first-order valence-electron chi connectivity index (χ1n) is 10.7. The average Bonchev–Trinajstić information content (AvgIpc) is 2.88. The number of carbonyl (C=O) groups excluding carboxylic acids is 1. The molecule has 0 aromatic heterocycles. The number of halogens is 3. The van der Waals surface area contributed by atoms with Gasteiger partial charge in [-0.1, -0.05) is 71.7 Å². The summed E-state index contributed by atoms with van der Waals surface area (Å²) in [5.74, 6) is -0.176. The SMILES string of the molecule is N#C/C(=C\c1ccc(OCc2cccc3ccccc23)c(Br)c1)C(=O)Nc1c(Cl)cc([N+](=O)[O-])cc1Cl. The first-order valence-corrected chi connectivity index (χ1v) is 12.3. The molecule has 4 aromatic rings. The second kappa shape index (κ2) is 11.4. The van der Waals surface area contributed by atoms with Crippen molar-refractivity contribution in [2.75, 3.05) is 5.32 Å². The molecule has 7 nitrogen and oxygen atoms in total. The van der Waals surface area contributed by atoms with Crippen molar-refractivity contribution in [3.05, 3.63) is 114 Å². The molecule has 0 saturated carbocycles. The second-order valence-corrected chi connectivity index (χ2v) is 9.45. The number of rotatable bonds is 7. The third kappa shape index (κ3) is 6.09. The van der Waals surface area contributed by atoms with Crippen LogP contribution in [0.1, 0.15) is 11.1 Å². The van der Waals surface area contributed by atoms with Gasteiger partial charge in [-0.3, -0.25) is 14.9 Å². The highest BCUT2D eigenvalue weighted by Gasteiger charge is 2.18. The number of amides is 1. The summed E-state index contributed by atoms with van der Waals surface area (Å²) in [5, 5.41) is 24.9. The maximum absolute atomic E-state index is 12.7. The van der Waals surface area contributed by atoms with Gasteiger partial charge in [-0.2, -0.15) is 5.26 Å². The number of anilines is 1. The molecule has 10 heteroatoms. The Balaban J connectivity index is 1.50. The van der Waals surface area contributed by atoms with E-state index in [1.54, 1.807) is 18.2 Å². The van der Waals surface area contributed by atoms with Gasteiger partial charge in [-0.05, 0) is 56.0 Å². The summed E-state index contributed by atoms with van der Waals surface area (Å²) in [5.41, 5.74) is 1.04. The Kier molecular flexibility index (Phi) is 8.09. The molecule has 0 heterocycles. The fourth-order valence-corrected chi connectivity index (χ4v) is 4.66. The van der Waals surface area contributed by atoms with Crippen molar-refractivity contribution in [2.24, 2.45) is 0 Å². The normalized spacial score (nSPS) is 11.1. The van der Waals surface area contributed by atoms with Crippen LogP contribution in [0, 0.1) is 21.4 Å². The van der Waals surface area contributed by atoms with Gasteiger partial charge in [0.1, 0.15) is 24.0 Å². The summed E-state index contributed by atoms with van der Waals surface area (Å²) in [6, 6.07) is 23.2. The molecule has 1 N–H and O–H groups in total. The Morgan fingerprint density at radius 1 is 1.08 bits per heavy atom. The van der Waals surface area contributed by atoms with E-state index in [9.17, 15) is 20.2 Å². The van der Waals surface area contributed by atoms with Gasteiger partial charge in [-0.15, -0.1) is 0 Å². The van der Waals surface area contributed by atoms with E-state index in [0.29, 0.717) is 22.4 Å². The Labute approximate surface area is 230 Å². The van der Waals surface area contributed by atoms with E-state index in [0.717, 1.165) is 28.5 Å². The highest BCUT2D eigenvalue weighted by molar-refractivity contribution is 9.10. The van der Waals surface area contributed by atoms with Crippen molar-refractivity contribution in [3.8, 4) is 11.8 Å². The number of nitro benzene ring substituents is 1. The largest absolute Gasteiger partial charge is 0.488 e. The number of hydrogen-bond donors (Lipinski definition) is 1. The van der Waals surface area contributed by atoms with Crippen LogP contribution in [0.2, 0.25) is 10.0 Å². The minimum absolute atomic E-state index is 0.0292. The van der Waals surface area contributed by atoms with Crippen molar-refractivity contribution in [3.63, 3.8) is 0 Å². The Hall–Kier alpha value is -3.90. The van der Waals surface area contributed by atoms with Crippen LogP contribution in [0.25, 0.3) is 16.8 Å². The first-order chi connectivity index (χ1) is 17.8. The highest BCUT2D eigenvalue weighted by atomic mass is 79.9. The lowest BCUT2D eigenvalue weighted by atomic mass is 10.1. The number of nitriles is 1. The van der Waals surface area contributed by atoms with Crippen LogP contribution in [-0.2, 0) is 11.4 Å². The van der Waals surface area contributed by atoms with Crippen LogP contribution in [0.3, 0.4) is 0 Å². The maximum atomic E-state index is 12.7. The lowest BCUT2D eigenvalue weighted by molar-refractivity contribution is -0.384. The number of fused-ring (bicyclic) bond motifs is 1. The highest BCUT2D eigenvalue weighted by Crippen LogP contribution is 2.35. The van der Waals surface area contributed by atoms with Crippen LogP contribution in [0.5, 0.6) is 5.75 Å². The zero-order valence-corrected chi connectivity index (χ0v) is 22.0. The van der Waals surface area contributed by atoms with E-state index >= 15 is 0 Å². The third-order valence-electron chi connectivity index (χ3n) is 5.37. The van der Waals surface area contributed by atoms with Gasteiger partial charge in [-0.25, -0.2) is 0 Å². The van der Waals surface area contributed by atoms with E-state index in [1.165, 1.54) is 6.08 Å². The van der Waals surface area contributed by atoms with E-state index in [4.69, 9.17) is 27.9 Å². The molecular formula is C27H16BrCl2N3O4. The van der Waals surface area contributed by atoms with Crippen molar-refractivity contribution in [1.82, 2.24) is 0 Å². The molecule has 0 aliphatic carbocycles. The standard InChI is InChI=1S/C27H16BrCl2N3O4/c28-22-11-16(8-9-25(22)37-15-18-6-3-5-17-4-1-2-7-21(17)18)10-19(14-31)27(34)32-26-23(29)12-20(33(35)36)13-24(26)30/h1-13H,15H2,(H,32,34)/b19-10+. The van der Waals surface area contributed by atoms with Crippen molar-refractivity contribution >= 4 is 73.3 Å². The minimum atomic E-state index is -0.771. The van der Waals surface area contributed by atoms with Crippen LogP contribution < -0.4 is 10.1 Å². The topological polar surface area (TPSA) is 105 Å². The molecule has 37 heavy (non-hydrogen) atoms. The molecule has 0 atom stereocenters. The van der Waals surface area contributed by atoms with Gasteiger partial charge in [0.05, 0.1) is 25.1 Å². The summed E-state index contributed by atoms with van der Waals surface area (Å²) >= 11 is 15.6. The average molecular weight is 597 g/mol. The van der Waals surface area contributed by atoms with E-state index < -0.39 is 10.8 Å². The molecule has 0 radical (unpaired) electrons. The predicted octanol–water partition coefficient (Wildman–Crippen LogP) is 7.94. The summed E-state index contributed by atoms with van der Waals surface area (Å²) < 4.78 is 6.65.